The van der Waals surface area contributed by atoms with Gasteiger partial charge in [0.25, 0.3) is 0 Å². The molecule has 2 rings (SSSR count). The van der Waals surface area contributed by atoms with Gasteiger partial charge in [-0.3, -0.25) is 0 Å². The van der Waals surface area contributed by atoms with Crippen molar-refractivity contribution >= 4 is 11.8 Å². The van der Waals surface area contributed by atoms with Crippen LogP contribution >= 0.6 is 11.8 Å². The Kier molecular flexibility index (Phi) is 2.18. The average molecular weight is 181 g/mol. The van der Waals surface area contributed by atoms with E-state index in [0.29, 0.717) is 0 Å². The molecule has 2 heterocycles. The Labute approximate surface area is 78.5 Å². The molecule has 0 spiro atoms. The summed E-state index contributed by atoms with van der Waals surface area (Å²) in [6.07, 6.45) is 4.82. The van der Waals surface area contributed by atoms with Crippen LogP contribution in [-0.4, -0.2) is 11.4 Å². The summed E-state index contributed by atoms with van der Waals surface area (Å²) in [4.78, 5) is 2.47. The molecule has 1 atom stereocenters. The van der Waals surface area contributed by atoms with Crippen LogP contribution in [-0.2, 0) is 0 Å². The van der Waals surface area contributed by atoms with E-state index in [9.17, 15) is 0 Å². The zero-order valence-electron chi connectivity index (χ0n) is 7.71. The number of fused-ring (bicyclic) bond motifs is 1. The van der Waals surface area contributed by atoms with E-state index in [0.717, 1.165) is 5.92 Å². The van der Waals surface area contributed by atoms with E-state index < -0.39 is 0 Å². The normalized spacial score (nSPS) is 23.7. The summed E-state index contributed by atoms with van der Waals surface area (Å²) in [5.74, 6) is 0.724. The van der Waals surface area contributed by atoms with Crippen molar-refractivity contribution in [2.45, 2.75) is 26.7 Å². The molecule has 66 valence electrons. The Morgan fingerprint density at radius 1 is 1.67 bits per heavy atom. The number of hydrogen-bond acceptors (Lipinski definition) is 2. The van der Waals surface area contributed by atoms with Gasteiger partial charge < -0.3 is 4.90 Å². The molecule has 0 radical (unpaired) electrons. The van der Waals surface area contributed by atoms with Crippen LogP contribution < -0.4 is 0 Å². The molecule has 2 heteroatoms. The molecule has 0 aromatic carbocycles. The largest absolute Gasteiger partial charge is 0.339 e. The predicted octanol–water partition coefficient (Wildman–Crippen LogP) is 3.17. The molecular formula is C10H15NS. The number of hydrogen-bond donors (Lipinski definition) is 0. The van der Waals surface area contributed by atoms with Crippen LogP contribution in [0.25, 0.3) is 0 Å². The fourth-order valence-corrected chi connectivity index (χ4v) is 2.82. The maximum absolute atomic E-state index is 2.47. The smallest absolute Gasteiger partial charge is 0.0753 e. The predicted molar refractivity (Wildman–Crippen MR) is 54.5 cm³/mol. The van der Waals surface area contributed by atoms with Gasteiger partial charge in [0.15, 0.2) is 0 Å². The summed E-state index contributed by atoms with van der Waals surface area (Å²) in [6.45, 7) is 5.78. The van der Waals surface area contributed by atoms with Crippen molar-refractivity contribution in [1.82, 2.24) is 4.90 Å². The highest BCUT2D eigenvalue weighted by atomic mass is 32.2. The Morgan fingerprint density at radius 3 is 3.25 bits per heavy atom. The quantitative estimate of drug-likeness (QED) is 0.643. The summed E-state index contributed by atoms with van der Waals surface area (Å²) in [6, 6.07) is 0. The first kappa shape index (κ1) is 8.24. The van der Waals surface area contributed by atoms with Crippen LogP contribution in [0.4, 0.5) is 0 Å². The third-order valence-corrected chi connectivity index (χ3v) is 3.65. The van der Waals surface area contributed by atoms with Gasteiger partial charge in [-0.1, -0.05) is 31.7 Å². The molecule has 0 aliphatic carbocycles. The molecule has 0 fully saturated rings. The van der Waals surface area contributed by atoms with Crippen LogP contribution in [0.3, 0.4) is 0 Å². The number of rotatable bonds is 2. The number of allylic oxidation sites excluding steroid dienone is 1. The summed E-state index contributed by atoms with van der Waals surface area (Å²) in [5.41, 5.74) is 1.53. The lowest BCUT2D eigenvalue weighted by Crippen LogP contribution is -2.18. The molecule has 0 amide bonds. The Hall–Kier alpha value is -0.370. The molecule has 0 saturated heterocycles. The first-order valence-corrected chi connectivity index (χ1v) is 5.55. The third kappa shape index (κ3) is 1.18. The van der Waals surface area contributed by atoms with E-state index in [2.05, 4.69) is 30.2 Å². The fourth-order valence-electron chi connectivity index (χ4n) is 1.68. The molecule has 1 nitrogen and oxygen atoms in total. The van der Waals surface area contributed by atoms with Gasteiger partial charge in [0, 0.05) is 12.2 Å². The lowest BCUT2D eigenvalue weighted by atomic mass is 10.1. The highest BCUT2D eigenvalue weighted by molar-refractivity contribution is 8.06. The number of nitrogens with zero attached hydrogens (tertiary/aromatic N) is 1. The highest BCUT2D eigenvalue weighted by Gasteiger charge is 2.26. The van der Waals surface area contributed by atoms with E-state index >= 15 is 0 Å². The van der Waals surface area contributed by atoms with Crippen LogP contribution in [0.2, 0.25) is 0 Å². The summed E-state index contributed by atoms with van der Waals surface area (Å²) < 4.78 is 0. The van der Waals surface area contributed by atoms with E-state index in [1.807, 2.05) is 11.8 Å². The minimum atomic E-state index is 0.724. The standard InChI is InChI=1S/C10H15NS/c1-3-8(2)9-7-12-10-5-4-6-11(9)10/h5,7-8H,3-4,6H2,1-2H3. The van der Waals surface area contributed by atoms with Crippen molar-refractivity contribution in [2.24, 2.45) is 5.92 Å². The molecule has 2 aliphatic rings. The molecule has 2 aliphatic heterocycles. The highest BCUT2D eigenvalue weighted by Crippen LogP contribution is 2.41. The van der Waals surface area contributed by atoms with Gasteiger partial charge in [0.05, 0.1) is 5.03 Å². The maximum Gasteiger partial charge on any atom is 0.0753 e. The Balaban J connectivity index is 2.13. The minimum absolute atomic E-state index is 0.724. The first-order chi connectivity index (χ1) is 5.83. The second-order valence-corrected chi connectivity index (χ2v) is 4.34. The van der Waals surface area contributed by atoms with Gasteiger partial charge in [-0.05, 0) is 24.2 Å². The van der Waals surface area contributed by atoms with Crippen molar-refractivity contribution in [3.05, 3.63) is 22.2 Å². The van der Waals surface area contributed by atoms with Crippen molar-refractivity contribution in [3.63, 3.8) is 0 Å². The van der Waals surface area contributed by atoms with Gasteiger partial charge in [0.1, 0.15) is 0 Å². The second-order valence-electron chi connectivity index (χ2n) is 3.45. The minimum Gasteiger partial charge on any atom is -0.339 e. The van der Waals surface area contributed by atoms with Crippen molar-refractivity contribution < 1.29 is 0 Å². The lowest BCUT2D eigenvalue weighted by molar-refractivity contribution is 0.423. The van der Waals surface area contributed by atoms with Crippen molar-refractivity contribution in [1.29, 1.82) is 0 Å². The van der Waals surface area contributed by atoms with Gasteiger partial charge in [-0.2, -0.15) is 0 Å². The maximum atomic E-state index is 2.47. The van der Waals surface area contributed by atoms with Gasteiger partial charge in [-0.25, -0.2) is 0 Å². The molecule has 0 aromatic rings. The summed E-state index contributed by atoms with van der Waals surface area (Å²) in [5, 5.41) is 3.78. The van der Waals surface area contributed by atoms with E-state index in [4.69, 9.17) is 0 Å². The van der Waals surface area contributed by atoms with Gasteiger partial charge in [0.2, 0.25) is 0 Å². The summed E-state index contributed by atoms with van der Waals surface area (Å²) >= 11 is 1.89. The fraction of sp³-hybridized carbons (Fsp3) is 0.600. The van der Waals surface area contributed by atoms with Crippen LogP contribution in [0.15, 0.2) is 22.2 Å². The van der Waals surface area contributed by atoms with Gasteiger partial charge in [-0.15, -0.1) is 0 Å². The zero-order valence-corrected chi connectivity index (χ0v) is 8.53. The molecule has 0 N–H and O–H groups in total. The monoisotopic (exact) mass is 181 g/mol. The second kappa shape index (κ2) is 3.17. The Bertz CT molecular complexity index is 242. The van der Waals surface area contributed by atoms with Crippen molar-refractivity contribution in [3.8, 4) is 0 Å². The molecular weight excluding hydrogens is 166 g/mol. The Morgan fingerprint density at radius 2 is 2.50 bits per heavy atom. The number of thioether (sulfide) groups is 1. The topological polar surface area (TPSA) is 3.24 Å². The van der Waals surface area contributed by atoms with E-state index in [1.54, 1.807) is 0 Å². The molecule has 0 aromatic heterocycles. The van der Waals surface area contributed by atoms with Crippen LogP contribution in [0.1, 0.15) is 26.7 Å². The lowest BCUT2D eigenvalue weighted by Gasteiger charge is -2.22. The molecule has 0 bridgehead atoms. The molecule has 0 saturated carbocycles. The van der Waals surface area contributed by atoms with Crippen LogP contribution in [0.5, 0.6) is 0 Å². The summed E-state index contributed by atoms with van der Waals surface area (Å²) in [7, 11) is 0. The third-order valence-electron chi connectivity index (χ3n) is 2.67. The van der Waals surface area contributed by atoms with E-state index in [1.165, 1.54) is 30.1 Å². The average Bonchev–Trinajstić information content (AvgIpc) is 2.62. The van der Waals surface area contributed by atoms with Gasteiger partial charge >= 0.3 is 0 Å². The molecule has 1 unspecified atom stereocenters. The molecule has 12 heavy (non-hydrogen) atoms. The van der Waals surface area contributed by atoms with Crippen LogP contribution in [0, 0.1) is 5.92 Å². The van der Waals surface area contributed by atoms with E-state index in [-0.39, 0.29) is 0 Å². The first-order valence-electron chi connectivity index (χ1n) is 4.67. The zero-order chi connectivity index (χ0) is 8.55. The van der Waals surface area contributed by atoms with Crippen molar-refractivity contribution in [2.75, 3.05) is 6.54 Å². The SMILES string of the molecule is CCC(C)C1=CSC2=CCCN21.